The van der Waals surface area contributed by atoms with Gasteiger partial charge in [-0.1, -0.05) is 31.6 Å². The van der Waals surface area contributed by atoms with E-state index in [4.69, 9.17) is 6.42 Å². The van der Waals surface area contributed by atoms with Gasteiger partial charge in [0.1, 0.15) is 0 Å². The van der Waals surface area contributed by atoms with Crippen LogP contribution in [-0.2, 0) is 0 Å². The Balaban J connectivity index is 2.02. The molecule has 0 saturated heterocycles. The molecular weight excluding hydrogens is 198 g/mol. The van der Waals surface area contributed by atoms with Crippen LogP contribution in [-0.4, -0.2) is 26.1 Å². The Morgan fingerprint density at radius 3 is 2.75 bits per heavy atom. The number of hydrogen-bond acceptors (Lipinski definition) is 1. The van der Waals surface area contributed by atoms with E-state index in [1.165, 1.54) is 38.5 Å². The fraction of sp³-hybridized carbons (Fsp3) is 0.769. The molecule has 16 heavy (non-hydrogen) atoms. The minimum atomic E-state index is 0.530. The molecule has 0 spiro atoms. The monoisotopic (exact) mass is 221 g/mol. The van der Waals surface area contributed by atoms with Gasteiger partial charge in [-0.3, -0.25) is 4.99 Å². The summed E-state index contributed by atoms with van der Waals surface area (Å²) in [5.74, 6) is 4.32. The van der Waals surface area contributed by atoms with Gasteiger partial charge in [0, 0.05) is 13.6 Å². The first-order valence-electron chi connectivity index (χ1n) is 6.24. The first-order chi connectivity index (χ1) is 7.86. The summed E-state index contributed by atoms with van der Waals surface area (Å²) in [6, 6.07) is 0. The first-order valence-corrected chi connectivity index (χ1v) is 6.24. The Bertz CT molecular complexity index is 246. The van der Waals surface area contributed by atoms with E-state index in [0.717, 1.165) is 18.4 Å². The normalized spacial score (nSPS) is 17.1. The number of nitrogens with one attached hydrogen (secondary N) is 2. The maximum atomic E-state index is 5.17. The lowest BCUT2D eigenvalue weighted by Gasteiger charge is -2.11. The zero-order chi connectivity index (χ0) is 11.6. The van der Waals surface area contributed by atoms with Crippen molar-refractivity contribution in [3.63, 3.8) is 0 Å². The van der Waals surface area contributed by atoms with Gasteiger partial charge in [-0.2, -0.15) is 0 Å². The lowest BCUT2D eigenvalue weighted by molar-refractivity contribution is 0.481. The van der Waals surface area contributed by atoms with E-state index >= 15 is 0 Å². The summed E-state index contributed by atoms with van der Waals surface area (Å²) in [6.07, 6.45) is 13.5. The van der Waals surface area contributed by atoms with Crippen LogP contribution < -0.4 is 10.6 Å². The van der Waals surface area contributed by atoms with E-state index in [1.54, 1.807) is 7.05 Å². The van der Waals surface area contributed by atoms with Crippen LogP contribution in [0.5, 0.6) is 0 Å². The van der Waals surface area contributed by atoms with Crippen molar-refractivity contribution in [2.75, 3.05) is 20.1 Å². The maximum Gasteiger partial charge on any atom is 0.191 e. The third kappa shape index (κ3) is 5.06. The highest BCUT2D eigenvalue weighted by atomic mass is 15.2. The molecule has 0 aliphatic heterocycles. The second-order valence-corrected chi connectivity index (χ2v) is 4.35. The molecule has 0 atom stereocenters. The molecule has 0 aromatic rings. The summed E-state index contributed by atoms with van der Waals surface area (Å²) >= 11 is 0. The molecule has 0 unspecified atom stereocenters. The predicted octanol–water partition coefficient (Wildman–Crippen LogP) is 1.75. The summed E-state index contributed by atoms with van der Waals surface area (Å²) < 4.78 is 0. The van der Waals surface area contributed by atoms with E-state index in [0.29, 0.717) is 6.54 Å². The SMILES string of the molecule is C#CCNC(=NC)NCCCC1CCCC1. The van der Waals surface area contributed by atoms with Gasteiger partial charge >= 0.3 is 0 Å². The second kappa shape index (κ2) is 8.04. The molecule has 0 aromatic carbocycles. The molecular formula is C13H23N3. The highest BCUT2D eigenvalue weighted by Gasteiger charge is 2.13. The van der Waals surface area contributed by atoms with Gasteiger partial charge in [0.2, 0.25) is 0 Å². The maximum absolute atomic E-state index is 5.17. The lowest BCUT2D eigenvalue weighted by Crippen LogP contribution is -2.37. The quantitative estimate of drug-likeness (QED) is 0.321. The lowest BCUT2D eigenvalue weighted by atomic mass is 10.0. The molecule has 0 aromatic heterocycles. The van der Waals surface area contributed by atoms with E-state index in [2.05, 4.69) is 21.5 Å². The topological polar surface area (TPSA) is 36.4 Å². The molecule has 1 rings (SSSR count). The number of guanidine groups is 1. The van der Waals surface area contributed by atoms with Gasteiger partial charge in [-0.15, -0.1) is 6.42 Å². The number of aliphatic imine (C=N–C) groups is 1. The Labute approximate surface area is 99.1 Å². The molecule has 1 aliphatic rings. The molecule has 0 heterocycles. The number of nitrogens with zero attached hydrogens (tertiary/aromatic N) is 1. The van der Waals surface area contributed by atoms with Crippen LogP contribution in [0.2, 0.25) is 0 Å². The Kier molecular flexibility index (Phi) is 6.48. The number of hydrogen-bond donors (Lipinski definition) is 2. The molecule has 1 fully saturated rings. The van der Waals surface area contributed by atoms with E-state index < -0.39 is 0 Å². The summed E-state index contributed by atoms with van der Waals surface area (Å²) in [4.78, 5) is 4.09. The molecule has 0 bridgehead atoms. The fourth-order valence-electron chi connectivity index (χ4n) is 2.25. The van der Waals surface area contributed by atoms with Crippen molar-refractivity contribution in [3.8, 4) is 12.3 Å². The van der Waals surface area contributed by atoms with E-state index in [-0.39, 0.29) is 0 Å². The van der Waals surface area contributed by atoms with Crippen LogP contribution >= 0.6 is 0 Å². The summed E-state index contributed by atoms with van der Waals surface area (Å²) in [5.41, 5.74) is 0. The standard InChI is InChI=1S/C13H23N3/c1-3-10-15-13(14-2)16-11-6-9-12-7-4-5-8-12/h1,12H,4-11H2,2H3,(H2,14,15,16). The van der Waals surface area contributed by atoms with Crippen molar-refractivity contribution in [1.82, 2.24) is 10.6 Å². The smallest absolute Gasteiger partial charge is 0.191 e. The molecule has 2 N–H and O–H groups in total. The van der Waals surface area contributed by atoms with E-state index in [9.17, 15) is 0 Å². The fourth-order valence-corrected chi connectivity index (χ4v) is 2.25. The Hall–Kier alpha value is -1.17. The second-order valence-electron chi connectivity index (χ2n) is 4.35. The molecule has 3 heteroatoms. The molecule has 1 saturated carbocycles. The summed E-state index contributed by atoms with van der Waals surface area (Å²) in [5, 5.41) is 6.32. The largest absolute Gasteiger partial charge is 0.356 e. The van der Waals surface area contributed by atoms with Gasteiger partial charge in [0.15, 0.2) is 5.96 Å². The zero-order valence-corrected chi connectivity index (χ0v) is 10.3. The van der Waals surface area contributed by atoms with Crippen molar-refractivity contribution in [2.24, 2.45) is 10.9 Å². The minimum absolute atomic E-state index is 0.530. The van der Waals surface area contributed by atoms with Crippen LogP contribution in [0.15, 0.2) is 4.99 Å². The van der Waals surface area contributed by atoms with E-state index in [1.807, 2.05) is 0 Å². The average molecular weight is 221 g/mol. The van der Waals surface area contributed by atoms with Crippen LogP contribution in [0, 0.1) is 18.3 Å². The number of terminal acetylenes is 1. The molecule has 0 radical (unpaired) electrons. The van der Waals surface area contributed by atoms with Crippen molar-refractivity contribution in [1.29, 1.82) is 0 Å². The van der Waals surface area contributed by atoms with Crippen LogP contribution in [0.1, 0.15) is 38.5 Å². The molecule has 0 amide bonds. The zero-order valence-electron chi connectivity index (χ0n) is 10.3. The third-order valence-corrected chi connectivity index (χ3v) is 3.14. The average Bonchev–Trinajstić information content (AvgIpc) is 2.81. The van der Waals surface area contributed by atoms with Gasteiger partial charge in [0.25, 0.3) is 0 Å². The summed E-state index contributed by atoms with van der Waals surface area (Å²) in [7, 11) is 1.77. The molecule has 1 aliphatic carbocycles. The highest BCUT2D eigenvalue weighted by molar-refractivity contribution is 5.79. The third-order valence-electron chi connectivity index (χ3n) is 3.14. The Morgan fingerprint density at radius 1 is 1.38 bits per heavy atom. The van der Waals surface area contributed by atoms with Crippen molar-refractivity contribution < 1.29 is 0 Å². The molecule has 90 valence electrons. The van der Waals surface area contributed by atoms with Crippen molar-refractivity contribution in [3.05, 3.63) is 0 Å². The molecule has 3 nitrogen and oxygen atoms in total. The van der Waals surface area contributed by atoms with Gasteiger partial charge < -0.3 is 10.6 Å². The van der Waals surface area contributed by atoms with Crippen LogP contribution in [0.4, 0.5) is 0 Å². The van der Waals surface area contributed by atoms with Gasteiger partial charge in [-0.25, -0.2) is 0 Å². The van der Waals surface area contributed by atoms with Gasteiger partial charge in [-0.05, 0) is 18.8 Å². The first kappa shape index (κ1) is 12.9. The summed E-state index contributed by atoms with van der Waals surface area (Å²) in [6.45, 7) is 1.52. The Morgan fingerprint density at radius 2 is 2.12 bits per heavy atom. The minimum Gasteiger partial charge on any atom is -0.356 e. The van der Waals surface area contributed by atoms with Crippen LogP contribution in [0.25, 0.3) is 0 Å². The predicted molar refractivity (Wildman–Crippen MR) is 69.4 cm³/mol. The van der Waals surface area contributed by atoms with Crippen molar-refractivity contribution >= 4 is 5.96 Å². The van der Waals surface area contributed by atoms with Gasteiger partial charge in [0.05, 0.1) is 6.54 Å². The number of rotatable bonds is 5. The van der Waals surface area contributed by atoms with Crippen molar-refractivity contribution in [2.45, 2.75) is 38.5 Å². The van der Waals surface area contributed by atoms with Crippen LogP contribution in [0.3, 0.4) is 0 Å². The highest BCUT2D eigenvalue weighted by Crippen LogP contribution is 2.28.